The SMILES string of the molecule is CC(=O)Cc1coc(-c2ccc(Br)s2)n1. The number of hydrogen-bond acceptors (Lipinski definition) is 4. The van der Waals surface area contributed by atoms with E-state index in [0.717, 1.165) is 8.66 Å². The predicted molar refractivity (Wildman–Crippen MR) is 61.9 cm³/mol. The fourth-order valence-corrected chi connectivity index (χ4v) is 2.50. The van der Waals surface area contributed by atoms with E-state index in [0.29, 0.717) is 18.0 Å². The Morgan fingerprint density at radius 3 is 3.00 bits per heavy atom. The molecule has 0 aliphatic carbocycles. The third-order valence-corrected chi connectivity index (χ3v) is 3.38. The molecule has 0 unspecified atom stereocenters. The van der Waals surface area contributed by atoms with Crippen molar-refractivity contribution in [2.45, 2.75) is 13.3 Å². The number of rotatable bonds is 3. The van der Waals surface area contributed by atoms with Crippen LogP contribution in [0.4, 0.5) is 0 Å². The van der Waals surface area contributed by atoms with Crippen molar-refractivity contribution < 1.29 is 9.21 Å². The number of thiophene rings is 1. The quantitative estimate of drug-likeness (QED) is 0.869. The molecule has 78 valence electrons. The molecule has 0 radical (unpaired) electrons. The molecule has 2 aromatic heterocycles. The highest BCUT2D eigenvalue weighted by molar-refractivity contribution is 9.11. The first kappa shape index (κ1) is 10.6. The van der Waals surface area contributed by atoms with Crippen molar-refractivity contribution >= 4 is 33.0 Å². The number of Topliss-reactive ketones (excluding diaryl/α,β-unsaturated/α-hetero) is 1. The zero-order valence-corrected chi connectivity index (χ0v) is 10.4. The van der Waals surface area contributed by atoms with Crippen molar-refractivity contribution in [2.75, 3.05) is 0 Å². The van der Waals surface area contributed by atoms with Gasteiger partial charge in [0.2, 0.25) is 5.89 Å². The molecule has 2 aromatic rings. The molecule has 0 aliphatic heterocycles. The molecular formula is C10H8BrNO2S. The molecule has 0 amide bonds. The molecule has 0 saturated heterocycles. The summed E-state index contributed by atoms with van der Waals surface area (Å²) in [5, 5.41) is 0. The standard InChI is InChI=1S/C10H8BrNO2S/c1-6(13)4-7-5-14-10(12-7)8-2-3-9(11)15-8/h2-3,5H,4H2,1H3. The van der Waals surface area contributed by atoms with Crippen LogP contribution in [0.25, 0.3) is 10.8 Å². The van der Waals surface area contributed by atoms with Gasteiger partial charge in [0.25, 0.3) is 0 Å². The summed E-state index contributed by atoms with van der Waals surface area (Å²) in [5.74, 6) is 0.657. The Morgan fingerprint density at radius 1 is 1.60 bits per heavy atom. The van der Waals surface area contributed by atoms with Gasteiger partial charge in [0.1, 0.15) is 12.0 Å². The van der Waals surface area contributed by atoms with E-state index >= 15 is 0 Å². The summed E-state index contributed by atoms with van der Waals surface area (Å²) in [5.41, 5.74) is 0.682. The number of aromatic nitrogens is 1. The molecule has 0 spiro atoms. The number of ketones is 1. The van der Waals surface area contributed by atoms with Crippen molar-refractivity contribution in [2.24, 2.45) is 0 Å². The van der Waals surface area contributed by atoms with Crippen molar-refractivity contribution in [1.82, 2.24) is 4.98 Å². The van der Waals surface area contributed by atoms with Crippen LogP contribution < -0.4 is 0 Å². The van der Waals surface area contributed by atoms with Gasteiger partial charge in [0.05, 0.1) is 20.8 Å². The van der Waals surface area contributed by atoms with E-state index in [1.54, 1.807) is 11.3 Å². The fraction of sp³-hybridized carbons (Fsp3) is 0.200. The van der Waals surface area contributed by atoms with Crippen LogP contribution in [0, 0.1) is 0 Å². The topological polar surface area (TPSA) is 43.1 Å². The van der Waals surface area contributed by atoms with E-state index in [4.69, 9.17) is 4.42 Å². The maximum atomic E-state index is 10.9. The number of halogens is 1. The van der Waals surface area contributed by atoms with Crippen LogP contribution in [0.3, 0.4) is 0 Å². The lowest BCUT2D eigenvalue weighted by atomic mass is 10.2. The molecule has 0 aromatic carbocycles. The molecule has 5 heteroatoms. The molecule has 2 heterocycles. The zero-order chi connectivity index (χ0) is 10.8. The normalized spacial score (nSPS) is 10.5. The second kappa shape index (κ2) is 4.28. The minimum Gasteiger partial charge on any atom is -0.444 e. The molecule has 0 atom stereocenters. The van der Waals surface area contributed by atoms with Crippen LogP contribution in [0.5, 0.6) is 0 Å². The summed E-state index contributed by atoms with van der Waals surface area (Å²) in [7, 11) is 0. The first-order valence-electron chi connectivity index (χ1n) is 4.34. The first-order valence-corrected chi connectivity index (χ1v) is 5.95. The molecule has 0 aliphatic rings. The summed E-state index contributed by atoms with van der Waals surface area (Å²) < 4.78 is 6.32. The van der Waals surface area contributed by atoms with Gasteiger partial charge in [0, 0.05) is 0 Å². The van der Waals surface area contributed by atoms with E-state index in [1.165, 1.54) is 13.2 Å². The Kier molecular flexibility index (Phi) is 3.02. The highest BCUT2D eigenvalue weighted by atomic mass is 79.9. The highest BCUT2D eigenvalue weighted by Crippen LogP contribution is 2.30. The van der Waals surface area contributed by atoms with E-state index in [-0.39, 0.29) is 5.78 Å². The summed E-state index contributed by atoms with van der Waals surface area (Å²) >= 11 is 4.92. The van der Waals surface area contributed by atoms with Gasteiger partial charge in [-0.2, -0.15) is 0 Å². The minimum absolute atomic E-state index is 0.0854. The van der Waals surface area contributed by atoms with Gasteiger partial charge in [-0.25, -0.2) is 4.98 Å². The molecule has 0 fully saturated rings. The maximum absolute atomic E-state index is 10.9. The molecule has 15 heavy (non-hydrogen) atoms. The fourth-order valence-electron chi connectivity index (χ4n) is 1.19. The second-order valence-corrected chi connectivity index (χ2v) is 5.59. The zero-order valence-electron chi connectivity index (χ0n) is 7.99. The monoisotopic (exact) mass is 285 g/mol. The number of hydrogen-bond donors (Lipinski definition) is 0. The number of carbonyl (C=O) groups excluding carboxylic acids is 1. The number of nitrogens with zero attached hydrogens (tertiary/aromatic N) is 1. The van der Waals surface area contributed by atoms with Crippen LogP contribution in [-0.2, 0) is 11.2 Å². The van der Waals surface area contributed by atoms with Gasteiger partial charge in [-0.3, -0.25) is 4.79 Å². The molecular weight excluding hydrogens is 278 g/mol. The number of oxazole rings is 1. The van der Waals surface area contributed by atoms with Gasteiger partial charge < -0.3 is 4.42 Å². The second-order valence-electron chi connectivity index (χ2n) is 3.13. The smallest absolute Gasteiger partial charge is 0.236 e. The largest absolute Gasteiger partial charge is 0.444 e. The van der Waals surface area contributed by atoms with Crippen LogP contribution >= 0.6 is 27.3 Å². The van der Waals surface area contributed by atoms with Crippen molar-refractivity contribution in [1.29, 1.82) is 0 Å². The molecule has 3 nitrogen and oxygen atoms in total. The van der Waals surface area contributed by atoms with Gasteiger partial charge in [0.15, 0.2) is 0 Å². The van der Waals surface area contributed by atoms with Gasteiger partial charge in [-0.1, -0.05) is 0 Å². The van der Waals surface area contributed by atoms with Crippen LogP contribution in [0.2, 0.25) is 0 Å². The Bertz CT molecular complexity index is 489. The van der Waals surface area contributed by atoms with E-state index < -0.39 is 0 Å². The summed E-state index contributed by atoms with van der Waals surface area (Å²) in [4.78, 5) is 16.1. The van der Waals surface area contributed by atoms with Crippen LogP contribution in [-0.4, -0.2) is 10.8 Å². The highest BCUT2D eigenvalue weighted by Gasteiger charge is 2.09. The van der Waals surface area contributed by atoms with E-state index in [1.807, 2.05) is 12.1 Å². The lowest BCUT2D eigenvalue weighted by Crippen LogP contribution is -1.95. The Morgan fingerprint density at radius 2 is 2.40 bits per heavy atom. The van der Waals surface area contributed by atoms with E-state index in [2.05, 4.69) is 20.9 Å². The van der Waals surface area contributed by atoms with Crippen molar-refractivity contribution in [3.05, 3.63) is 27.9 Å². The minimum atomic E-state index is 0.0854. The van der Waals surface area contributed by atoms with Crippen LogP contribution in [0.15, 0.2) is 26.6 Å². The van der Waals surface area contributed by atoms with Crippen molar-refractivity contribution in [3.63, 3.8) is 0 Å². The Balaban J connectivity index is 2.23. The van der Waals surface area contributed by atoms with Gasteiger partial charge >= 0.3 is 0 Å². The summed E-state index contributed by atoms with van der Waals surface area (Å²) in [6.45, 7) is 1.54. The average Bonchev–Trinajstić information content (AvgIpc) is 2.72. The maximum Gasteiger partial charge on any atom is 0.236 e. The molecule has 0 N–H and O–H groups in total. The number of carbonyl (C=O) groups is 1. The third kappa shape index (κ3) is 2.54. The summed E-state index contributed by atoms with van der Waals surface area (Å²) in [6.07, 6.45) is 1.86. The van der Waals surface area contributed by atoms with Gasteiger partial charge in [-0.15, -0.1) is 11.3 Å². The summed E-state index contributed by atoms with van der Waals surface area (Å²) in [6, 6.07) is 3.87. The molecule has 0 bridgehead atoms. The molecule has 0 saturated carbocycles. The first-order chi connectivity index (χ1) is 7.15. The lowest BCUT2D eigenvalue weighted by molar-refractivity contribution is -0.116. The van der Waals surface area contributed by atoms with Crippen molar-refractivity contribution in [3.8, 4) is 10.8 Å². The van der Waals surface area contributed by atoms with E-state index in [9.17, 15) is 4.79 Å². The Hall–Kier alpha value is -0.940. The van der Waals surface area contributed by atoms with Crippen LogP contribution in [0.1, 0.15) is 12.6 Å². The molecule has 2 rings (SSSR count). The third-order valence-electron chi connectivity index (χ3n) is 1.77. The average molecular weight is 286 g/mol. The Labute approximate surface area is 99.3 Å². The van der Waals surface area contributed by atoms with Gasteiger partial charge in [-0.05, 0) is 35.0 Å². The lowest BCUT2D eigenvalue weighted by Gasteiger charge is -1.87. The predicted octanol–water partition coefficient (Wildman–Crippen LogP) is 3.30.